The molecule has 1 aliphatic carbocycles. The predicted octanol–water partition coefficient (Wildman–Crippen LogP) is 0.210. The first-order valence-electron chi connectivity index (χ1n) is 4.30. The number of hydrogen-bond acceptors (Lipinski definition) is 2. The summed E-state index contributed by atoms with van der Waals surface area (Å²) in [6, 6.07) is 0.0295. The topological polar surface area (TPSA) is 69.1 Å². The van der Waals surface area contributed by atoms with E-state index in [1.807, 2.05) is 0 Å². The van der Waals surface area contributed by atoms with Crippen LogP contribution in [-0.4, -0.2) is 17.3 Å². The number of alkyl halides is 1. The van der Waals surface area contributed by atoms with Crippen molar-refractivity contribution in [3.8, 4) is 11.8 Å². The van der Waals surface area contributed by atoms with Gasteiger partial charge in [-0.25, -0.2) is 0 Å². The van der Waals surface area contributed by atoms with Gasteiger partial charge in [-0.15, -0.1) is 11.6 Å². The summed E-state index contributed by atoms with van der Waals surface area (Å²) >= 11 is 5.95. The van der Waals surface area contributed by atoms with Gasteiger partial charge in [-0.05, 0) is 25.2 Å². The fourth-order valence-electron chi connectivity index (χ4n) is 1.47. The standard InChI is InChI=1S/C9H13ClN2O/c10-7-2-3-8(11)6(5-7)1-4-9(12)13/h6-8H,2-3,5,11H2,(H2,12,13). The maximum absolute atomic E-state index is 10.4. The number of amides is 1. The van der Waals surface area contributed by atoms with E-state index in [-0.39, 0.29) is 17.3 Å². The third-order valence-electron chi connectivity index (χ3n) is 2.22. The summed E-state index contributed by atoms with van der Waals surface area (Å²) in [6.07, 6.45) is 2.55. The molecule has 0 aliphatic heterocycles. The Bertz CT molecular complexity index is 256. The van der Waals surface area contributed by atoms with Crippen molar-refractivity contribution in [3.05, 3.63) is 0 Å². The summed E-state index contributed by atoms with van der Waals surface area (Å²) in [5.74, 6) is 4.49. The molecule has 0 aromatic heterocycles. The Hall–Kier alpha value is -0.720. The van der Waals surface area contributed by atoms with Crippen LogP contribution < -0.4 is 11.5 Å². The minimum atomic E-state index is -0.608. The molecule has 0 aromatic carbocycles. The van der Waals surface area contributed by atoms with E-state index >= 15 is 0 Å². The molecule has 1 amide bonds. The average molecular weight is 201 g/mol. The van der Waals surface area contributed by atoms with E-state index in [1.54, 1.807) is 0 Å². The maximum atomic E-state index is 10.4. The monoisotopic (exact) mass is 200 g/mol. The Labute approximate surface area is 82.8 Å². The molecule has 0 spiro atoms. The van der Waals surface area contributed by atoms with Crippen molar-refractivity contribution in [1.82, 2.24) is 0 Å². The SMILES string of the molecule is NC(=O)C#CC1CC(Cl)CCC1N. The lowest BCUT2D eigenvalue weighted by Crippen LogP contribution is -2.35. The van der Waals surface area contributed by atoms with Crippen LogP contribution in [0.4, 0.5) is 0 Å². The van der Waals surface area contributed by atoms with Crippen LogP contribution in [0.2, 0.25) is 0 Å². The molecule has 4 N–H and O–H groups in total. The Balaban J connectivity index is 2.57. The third-order valence-corrected chi connectivity index (χ3v) is 2.62. The highest BCUT2D eigenvalue weighted by Crippen LogP contribution is 2.26. The predicted molar refractivity (Wildman–Crippen MR) is 51.9 cm³/mol. The highest BCUT2D eigenvalue weighted by molar-refractivity contribution is 6.20. The summed E-state index contributed by atoms with van der Waals surface area (Å²) in [5, 5.41) is 0.131. The fourth-order valence-corrected chi connectivity index (χ4v) is 1.79. The van der Waals surface area contributed by atoms with Gasteiger partial charge in [0, 0.05) is 17.3 Å². The van der Waals surface area contributed by atoms with E-state index < -0.39 is 5.91 Å². The van der Waals surface area contributed by atoms with Crippen molar-refractivity contribution in [2.24, 2.45) is 17.4 Å². The van der Waals surface area contributed by atoms with Crippen molar-refractivity contribution in [2.75, 3.05) is 0 Å². The minimum Gasteiger partial charge on any atom is -0.359 e. The molecule has 0 saturated heterocycles. The zero-order chi connectivity index (χ0) is 9.84. The lowest BCUT2D eigenvalue weighted by Gasteiger charge is -2.27. The van der Waals surface area contributed by atoms with Crippen molar-refractivity contribution < 1.29 is 4.79 Å². The first kappa shape index (κ1) is 10.4. The first-order valence-corrected chi connectivity index (χ1v) is 4.74. The lowest BCUT2D eigenvalue weighted by atomic mass is 9.85. The van der Waals surface area contributed by atoms with Gasteiger partial charge in [-0.2, -0.15) is 0 Å². The summed E-state index contributed by atoms with van der Waals surface area (Å²) < 4.78 is 0. The van der Waals surface area contributed by atoms with Gasteiger partial charge in [-0.1, -0.05) is 5.92 Å². The molecule has 1 saturated carbocycles. The van der Waals surface area contributed by atoms with Gasteiger partial charge in [0.05, 0.1) is 0 Å². The fraction of sp³-hybridized carbons (Fsp3) is 0.667. The van der Waals surface area contributed by atoms with Gasteiger partial charge < -0.3 is 11.5 Å². The van der Waals surface area contributed by atoms with Crippen molar-refractivity contribution >= 4 is 17.5 Å². The number of halogens is 1. The van der Waals surface area contributed by atoms with Gasteiger partial charge >= 0.3 is 0 Å². The highest BCUT2D eigenvalue weighted by Gasteiger charge is 2.25. The van der Waals surface area contributed by atoms with Crippen LogP contribution in [-0.2, 0) is 4.79 Å². The van der Waals surface area contributed by atoms with Crippen molar-refractivity contribution in [2.45, 2.75) is 30.7 Å². The number of nitrogens with two attached hydrogens (primary N) is 2. The van der Waals surface area contributed by atoms with Gasteiger partial charge in [-0.3, -0.25) is 4.79 Å². The normalized spacial score (nSPS) is 33.2. The lowest BCUT2D eigenvalue weighted by molar-refractivity contribution is -0.112. The van der Waals surface area contributed by atoms with Crippen LogP contribution in [0.25, 0.3) is 0 Å². The third kappa shape index (κ3) is 3.25. The molecule has 3 unspecified atom stereocenters. The molecule has 3 nitrogen and oxygen atoms in total. The molecule has 0 bridgehead atoms. The molecule has 0 aromatic rings. The summed E-state index contributed by atoms with van der Waals surface area (Å²) in [6.45, 7) is 0. The van der Waals surface area contributed by atoms with Gasteiger partial charge in [0.2, 0.25) is 0 Å². The Morgan fingerprint density at radius 1 is 1.46 bits per heavy atom. The first-order chi connectivity index (χ1) is 6.09. The van der Waals surface area contributed by atoms with E-state index in [2.05, 4.69) is 11.8 Å². The smallest absolute Gasteiger partial charge is 0.293 e. The van der Waals surface area contributed by atoms with E-state index in [9.17, 15) is 4.79 Å². The van der Waals surface area contributed by atoms with E-state index in [1.165, 1.54) is 0 Å². The number of carbonyl (C=O) groups is 1. The molecule has 13 heavy (non-hydrogen) atoms. The molecule has 1 fully saturated rings. The number of hydrogen-bond donors (Lipinski definition) is 2. The zero-order valence-electron chi connectivity index (χ0n) is 7.29. The Morgan fingerprint density at radius 3 is 2.77 bits per heavy atom. The molecule has 3 atom stereocenters. The molecule has 72 valence electrons. The Morgan fingerprint density at radius 2 is 2.15 bits per heavy atom. The molecular weight excluding hydrogens is 188 g/mol. The van der Waals surface area contributed by atoms with E-state index in [4.69, 9.17) is 23.1 Å². The van der Waals surface area contributed by atoms with Crippen LogP contribution in [0.1, 0.15) is 19.3 Å². The average Bonchev–Trinajstić information content (AvgIpc) is 2.06. The second-order valence-electron chi connectivity index (χ2n) is 3.31. The minimum absolute atomic E-state index is 0.0174. The summed E-state index contributed by atoms with van der Waals surface area (Å²) in [7, 11) is 0. The molecule has 0 heterocycles. The second-order valence-corrected chi connectivity index (χ2v) is 3.93. The Kier molecular flexibility index (Phi) is 3.58. The largest absolute Gasteiger partial charge is 0.359 e. The van der Waals surface area contributed by atoms with Crippen LogP contribution in [0, 0.1) is 17.8 Å². The quantitative estimate of drug-likeness (QED) is 0.434. The van der Waals surface area contributed by atoms with Crippen LogP contribution in [0.15, 0.2) is 0 Å². The van der Waals surface area contributed by atoms with E-state index in [0.29, 0.717) is 0 Å². The zero-order valence-corrected chi connectivity index (χ0v) is 8.05. The van der Waals surface area contributed by atoms with Crippen molar-refractivity contribution in [3.63, 3.8) is 0 Å². The second kappa shape index (κ2) is 4.50. The number of rotatable bonds is 0. The van der Waals surface area contributed by atoms with Crippen LogP contribution in [0.5, 0.6) is 0 Å². The van der Waals surface area contributed by atoms with Crippen LogP contribution in [0.3, 0.4) is 0 Å². The maximum Gasteiger partial charge on any atom is 0.293 e. The van der Waals surface area contributed by atoms with Crippen molar-refractivity contribution in [1.29, 1.82) is 0 Å². The van der Waals surface area contributed by atoms with Gasteiger partial charge in [0.15, 0.2) is 0 Å². The number of primary amides is 1. The van der Waals surface area contributed by atoms with Gasteiger partial charge in [0.25, 0.3) is 5.91 Å². The molecule has 1 aliphatic rings. The molecule has 0 radical (unpaired) electrons. The van der Waals surface area contributed by atoms with Crippen LogP contribution >= 0.6 is 11.6 Å². The number of carbonyl (C=O) groups excluding carboxylic acids is 1. The molecule has 1 rings (SSSR count). The highest BCUT2D eigenvalue weighted by atomic mass is 35.5. The summed E-state index contributed by atoms with van der Waals surface area (Å²) in [5.41, 5.74) is 10.7. The van der Waals surface area contributed by atoms with Gasteiger partial charge in [0.1, 0.15) is 0 Å². The van der Waals surface area contributed by atoms with E-state index in [0.717, 1.165) is 19.3 Å². The molecule has 4 heteroatoms. The molecular formula is C9H13ClN2O. The summed E-state index contributed by atoms with van der Waals surface area (Å²) in [4.78, 5) is 10.4.